The topological polar surface area (TPSA) is 83.7 Å². The maximum absolute atomic E-state index is 10.4. The van der Waals surface area contributed by atoms with Crippen LogP contribution in [0, 0.1) is 10.1 Å². The largest absolute Gasteiger partial charge is 0.475 e. The van der Waals surface area contributed by atoms with Crippen molar-refractivity contribution < 1.29 is 19.1 Å². The van der Waals surface area contributed by atoms with Crippen molar-refractivity contribution in [3.8, 4) is 5.88 Å². The fourth-order valence-corrected chi connectivity index (χ4v) is 1.02. The Morgan fingerprint density at radius 3 is 2.65 bits per heavy atom. The molecular formula is C10H14N2O5. The summed E-state index contributed by atoms with van der Waals surface area (Å²) in [7, 11) is 1.60. The predicted molar refractivity (Wildman–Crippen MR) is 59.1 cm³/mol. The van der Waals surface area contributed by atoms with E-state index in [1.54, 1.807) is 7.11 Å². The van der Waals surface area contributed by atoms with Crippen molar-refractivity contribution in [3.63, 3.8) is 0 Å². The fourth-order valence-electron chi connectivity index (χ4n) is 1.02. The number of aromatic nitrogens is 1. The van der Waals surface area contributed by atoms with Crippen molar-refractivity contribution in [1.82, 2.24) is 4.98 Å². The molecule has 0 aliphatic carbocycles. The molecule has 0 unspecified atom stereocenters. The number of nitrogens with zero attached hydrogens (tertiary/aromatic N) is 2. The molecule has 0 radical (unpaired) electrons. The van der Waals surface area contributed by atoms with Crippen molar-refractivity contribution in [1.29, 1.82) is 0 Å². The fraction of sp³-hybridized carbons (Fsp3) is 0.500. The van der Waals surface area contributed by atoms with Gasteiger partial charge < -0.3 is 14.2 Å². The van der Waals surface area contributed by atoms with E-state index in [2.05, 4.69) is 4.98 Å². The molecule has 0 fully saturated rings. The minimum atomic E-state index is -0.509. The van der Waals surface area contributed by atoms with Gasteiger partial charge in [-0.25, -0.2) is 4.98 Å². The summed E-state index contributed by atoms with van der Waals surface area (Å²) < 4.78 is 15.2. The van der Waals surface area contributed by atoms with E-state index in [-0.39, 0.29) is 5.69 Å². The van der Waals surface area contributed by atoms with E-state index in [0.717, 1.165) is 6.20 Å². The van der Waals surface area contributed by atoms with E-state index >= 15 is 0 Å². The Balaban J connectivity index is 2.21. The summed E-state index contributed by atoms with van der Waals surface area (Å²) >= 11 is 0. The maximum Gasteiger partial charge on any atom is 0.287 e. The van der Waals surface area contributed by atoms with Gasteiger partial charge in [-0.15, -0.1) is 0 Å². The highest BCUT2D eigenvalue weighted by Gasteiger charge is 2.05. The molecular weight excluding hydrogens is 228 g/mol. The molecule has 7 heteroatoms. The highest BCUT2D eigenvalue weighted by molar-refractivity contribution is 5.28. The molecule has 0 bridgehead atoms. The summed E-state index contributed by atoms with van der Waals surface area (Å²) in [6, 6.07) is 2.79. The molecule has 0 aliphatic heterocycles. The number of pyridine rings is 1. The summed E-state index contributed by atoms with van der Waals surface area (Å²) in [4.78, 5) is 13.6. The Hall–Kier alpha value is -1.73. The smallest absolute Gasteiger partial charge is 0.287 e. The van der Waals surface area contributed by atoms with Crippen LogP contribution in [0.3, 0.4) is 0 Å². The van der Waals surface area contributed by atoms with E-state index in [1.165, 1.54) is 12.1 Å². The van der Waals surface area contributed by atoms with Gasteiger partial charge in [0.1, 0.15) is 12.8 Å². The first-order chi connectivity index (χ1) is 8.24. The van der Waals surface area contributed by atoms with E-state index in [1.807, 2.05) is 0 Å². The van der Waals surface area contributed by atoms with Crippen LogP contribution in [0.2, 0.25) is 0 Å². The number of hydrogen-bond donors (Lipinski definition) is 0. The lowest BCUT2D eigenvalue weighted by atomic mass is 10.4. The lowest BCUT2D eigenvalue weighted by Crippen LogP contribution is -2.10. The molecule has 0 spiro atoms. The Morgan fingerprint density at radius 1 is 1.29 bits per heavy atom. The average molecular weight is 242 g/mol. The second-order valence-corrected chi connectivity index (χ2v) is 3.07. The Labute approximate surface area is 98.5 Å². The standard InChI is InChI=1S/C10H14N2O5/c1-15-4-5-16-6-7-17-10-3-2-9(8-11-10)12(13)14/h2-3,8H,4-7H2,1H3. The highest BCUT2D eigenvalue weighted by atomic mass is 16.6. The minimum Gasteiger partial charge on any atom is -0.475 e. The van der Waals surface area contributed by atoms with Gasteiger partial charge in [0.25, 0.3) is 5.69 Å². The summed E-state index contributed by atoms with van der Waals surface area (Å²) in [6.45, 7) is 1.81. The third-order valence-electron chi connectivity index (χ3n) is 1.84. The van der Waals surface area contributed by atoms with Gasteiger partial charge in [-0.2, -0.15) is 0 Å². The number of ether oxygens (including phenoxy) is 3. The first-order valence-corrected chi connectivity index (χ1v) is 5.04. The second-order valence-electron chi connectivity index (χ2n) is 3.07. The van der Waals surface area contributed by atoms with Crippen LogP contribution < -0.4 is 4.74 Å². The van der Waals surface area contributed by atoms with Crippen LogP contribution in [0.5, 0.6) is 5.88 Å². The number of methoxy groups -OCH3 is 1. The molecule has 0 saturated heterocycles. The lowest BCUT2D eigenvalue weighted by molar-refractivity contribution is -0.385. The molecule has 0 N–H and O–H groups in total. The monoisotopic (exact) mass is 242 g/mol. The molecule has 7 nitrogen and oxygen atoms in total. The van der Waals surface area contributed by atoms with E-state index in [0.29, 0.717) is 32.3 Å². The molecule has 17 heavy (non-hydrogen) atoms. The van der Waals surface area contributed by atoms with Crippen LogP contribution in [-0.4, -0.2) is 43.4 Å². The predicted octanol–water partition coefficient (Wildman–Crippen LogP) is 1.03. The van der Waals surface area contributed by atoms with Crippen LogP contribution in [0.1, 0.15) is 0 Å². The molecule has 94 valence electrons. The minimum absolute atomic E-state index is 0.0614. The van der Waals surface area contributed by atoms with Crippen molar-refractivity contribution in [2.45, 2.75) is 0 Å². The highest BCUT2D eigenvalue weighted by Crippen LogP contribution is 2.13. The van der Waals surface area contributed by atoms with Crippen molar-refractivity contribution >= 4 is 5.69 Å². The average Bonchev–Trinajstić information content (AvgIpc) is 2.34. The first-order valence-electron chi connectivity index (χ1n) is 5.04. The Bertz CT molecular complexity index is 341. The van der Waals surface area contributed by atoms with E-state index in [4.69, 9.17) is 14.2 Å². The lowest BCUT2D eigenvalue weighted by Gasteiger charge is -2.05. The normalized spacial score (nSPS) is 10.2. The SMILES string of the molecule is COCCOCCOc1ccc([N+](=O)[O-])cn1. The second kappa shape index (κ2) is 7.53. The zero-order chi connectivity index (χ0) is 12.5. The van der Waals surface area contributed by atoms with Crippen molar-refractivity contribution in [2.24, 2.45) is 0 Å². The molecule has 1 heterocycles. The summed E-state index contributed by atoms with van der Waals surface area (Å²) in [5.41, 5.74) is -0.0614. The van der Waals surface area contributed by atoms with Gasteiger partial charge in [0.15, 0.2) is 0 Å². The Morgan fingerprint density at radius 2 is 2.06 bits per heavy atom. The van der Waals surface area contributed by atoms with Crippen LogP contribution in [0.4, 0.5) is 5.69 Å². The molecule has 0 amide bonds. The van der Waals surface area contributed by atoms with E-state index in [9.17, 15) is 10.1 Å². The molecule has 0 atom stereocenters. The summed E-state index contributed by atoms with van der Waals surface area (Å²) in [5.74, 6) is 0.339. The molecule has 0 saturated carbocycles. The molecule has 1 aromatic rings. The number of rotatable bonds is 8. The number of hydrogen-bond acceptors (Lipinski definition) is 6. The molecule has 1 rings (SSSR count). The number of nitro groups is 1. The summed E-state index contributed by atoms with van der Waals surface area (Å²) in [5, 5.41) is 10.4. The van der Waals surface area contributed by atoms with Crippen LogP contribution in [0.25, 0.3) is 0 Å². The van der Waals surface area contributed by atoms with Crippen LogP contribution in [0.15, 0.2) is 18.3 Å². The molecule has 1 aromatic heterocycles. The molecule has 0 aromatic carbocycles. The third-order valence-corrected chi connectivity index (χ3v) is 1.84. The Kier molecular flexibility index (Phi) is 5.91. The quantitative estimate of drug-likeness (QED) is 0.384. The molecule has 0 aliphatic rings. The van der Waals surface area contributed by atoms with Gasteiger partial charge in [0.2, 0.25) is 5.88 Å². The van der Waals surface area contributed by atoms with Gasteiger partial charge in [-0.05, 0) is 0 Å². The zero-order valence-electron chi connectivity index (χ0n) is 9.50. The van der Waals surface area contributed by atoms with Gasteiger partial charge in [-0.1, -0.05) is 0 Å². The van der Waals surface area contributed by atoms with Gasteiger partial charge in [0.05, 0.1) is 24.7 Å². The van der Waals surface area contributed by atoms with Gasteiger partial charge in [0, 0.05) is 19.2 Å². The van der Waals surface area contributed by atoms with Crippen LogP contribution >= 0.6 is 0 Å². The van der Waals surface area contributed by atoms with E-state index < -0.39 is 4.92 Å². The maximum atomic E-state index is 10.4. The van der Waals surface area contributed by atoms with Crippen molar-refractivity contribution in [2.75, 3.05) is 33.5 Å². The first kappa shape index (κ1) is 13.3. The van der Waals surface area contributed by atoms with Crippen molar-refractivity contribution in [3.05, 3.63) is 28.4 Å². The zero-order valence-corrected chi connectivity index (χ0v) is 9.50. The van der Waals surface area contributed by atoms with Gasteiger partial charge in [-0.3, -0.25) is 10.1 Å². The summed E-state index contributed by atoms with van der Waals surface area (Å²) in [6.07, 6.45) is 1.15. The third kappa shape index (κ3) is 5.23. The van der Waals surface area contributed by atoms with Crippen LogP contribution in [-0.2, 0) is 9.47 Å². The van der Waals surface area contributed by atoms with Gasteiger partial charge >= 0.3 is 0 Å².